The number of benzene rings is 2. The van der Waals surface area contributed by atoms with Gasteiger partial charge in [-0.05, 0) is 119 Å². The lowest BCUT2D eigenvalue weighted by molar-refractivity contribution is -0.133. The fraction of sp³-hybridized carbons (Fsp3) is 0.524. The van der Waals surface area contributed by atoms with Crippen molar-refractivity contribution in [3.05, 3.63) is 89.2 Å². The molecule has 11 heteroatoms. The van der Waals surface area contributed by atoms with E-state index >= 15 is 0 Å². The van der Waals surface area contributed by atoms with Crippen LogP contribution in [0.2, 0.25) is 0 Å². The van der Waals surface area contributed by atoms with Gasteiger partial charge in [-0.25, -0.2) is 18.3 Å². The fourth-order valence-electron chi connectivity index (χ4n) is 8.46. The van der Waals surface area contributed by atoms with Crippen LogP contribution in [-0.4, -0.2) is 63.5 Å². The third kappa shape index (κ3) is 9.41. The summed E-state index contributed by atoms with van der Waals surface area (Å²) < 4.78 is 30.4. The molecule has 5 heterocycles. The zero-order valence-corrected chi connectivity index (χ0v) is 30.7. The number of nitrogens with one attached hydrogen (secondary N) is 2. The van der Waals surface area contributed by atoms with Crippen molar-refractivity contribution in [1.82, 2.24) is 24.8 Å². The van der Waals surface area contributed by atoms with Crippen molar-refractivity contribution in [2.24, 2.45) is 0 Å². The predicted octanol–water partition coefficient (Wildman–Crippen LogP) is 8.11. The molecule has 3 saturated heterocycles. The molecule has 7 rings (SSSR count). The molecule has 2 aromatic heterocycles. The number of anilines is 2. The summed E-state index contributed by atoms with van der Waals surface area (Å²) in [6.07, 6.45) is 19.7. The number of carbonyl (C=O) groups excluding carboxylic acids is 2. The number of piperidine rings is 2. The maximum atomic E-state index is 14.6. The molecule has 3 aliphatic rings. The minimum absolute atomic E-state index is 0.191. The van der Waals surface area contributed by atoms with E-state index in [-0.39, 0.29) is 29.7 Å². The zero-order valence-electron chi connectivity index (χ0n) is 30.7. The number of aromatic nitrogens is 3. The molecule has 0 saturated carbocycles. The van der Waals surface area contributed by atoms with Crippen LogP contribution in [0.25, 0.3) is 5.65 Å². The Bertz CT molecular complexity index is 1840. The smallest absolute Gasteiger partial charge is 0.249 e. The van der Waals surface area contributed by atoms with Gasteiger partial charge >= 0.3 is 0 Å². The SMILES string of the molecule is O=C1CCC(Nc2ccc(C3CCN(CCCCCCCCCCc4cnn5ccc(N6CCC[C@@H]6c6cc(F)ccc6F)nc45)CC3)cc2)C(=O)N1. The largest absolute Gasteiger partial charge is 0.374 e. The van der Waals surface area contributed by atoms with E-state index < -0.39 is 5.82 Å². The molecule has 1 unspecified atom stereocenters. The van der Waals surface area contributed by atoms with Crippen molar-refractivity contribution in [3.63, 3.8) is 0 Å². The Kier molecular flexibility index (Phi) is 12.3. The summed E-state index contributed by atoms with van der Waals surface area (Å²) in [4.78, 5) is 33.2. The van der Waals surface area contributed by atoms with Crippen LogP contribution >= 0.6 is 0 Å². The molecular formula is C42H53F2N7O2. The fourth-order valence-corrected chi connectivity index (χ4v) is 8.46. The second-order valence-electron chi connectivity index (χ2n) is 15.2. The molecule has 3 aliphatic heterocycles. The van der Waals surface area contributed by atoms with Crippen LogP contribution in [-0.2, 0) is 16.0 Å². The number of unbranched alkanes of at least 4 members (excludes halogenated alkanes) is 7. The number of hydrogen-bond donors (Lipinski definition) is 2. The van der Waals surface area contributed by atoms with E-state index in [4.69, 9.17) is 4.98 Å². The molecule has 3 fully saturated rings. The Balaban J connectivity index is 0.751. The molecule has 282 valence electrons. The molecule has 0 aliphatic carbocycles. The molecule has 0 bridgehead atoms. The van der Waals surface area contributed by atoms with Gasteiger partial charge in [-0.15, -0.1) is 0 Å². The topological polar surface area (TPSA) is 94.9 Å². The first-order valence-corrected chi connectivity index (χ1v) is 19.9. The second kappa shape index (κ2) is 17.6. The summed E-state index contributed by atoms with van der Waals surface area (Å²) in [5, 5.41) is 10.2. The van der Waals surface area contributed by atoms with Gasteiger partial charge in [0.1, 0.15) is 23.5 Å². The molecular weight excluding hydrogens is 673 g/mol. The van der Waals surface area contributed by atoms with E-state index in [1.165, 1.54) is 88.1 Å². The molecule has 53 heavy (non-hydrogen) atoms. The van der Waals surface area contributed by atoms with Crippen LogP contribution in [0.4, 0.5) is 20.3 Å². The van der Waals surface area contributed by atoms with Gasteiger partial charge in [-0.1, -0.05) is 50.7 Å². The number of amides is 2. The van der Waals surface area contributed by atoms with Crippen molar-refractivity contribution < 1.29 is 18.4 Å². The van der Waals surface area contributed by atoms with Crippen molar-refractivity contribution in [3.8, 4) is 0 Å². The van der Waals surface area contributed by atoms with Gasteiger partial charge in [0.05, 0.1) is 12.2 Å². The van der Waals surface area contributed by atoms with Crippen molar-refractivity contribution in [2.75, 3.05) is 36.4 Å². The summed E-state index contributed by atoms with van der Waals surface area (Å²) >= 11 is 0. The summed E-state index contributed by atoms with van der Waals surface area (Å²) in [6, 6.07) is 13.6. The second-order valence-corrected chi connectivity index (χ2v) is 15.2. The lowest BCUT2D eigenvalue weighted by atomic mass is 9.89. The quantitative estimate of drug-likeness (QED) is 0.0891. The highest BCUT2D eigenvalue weighted by Crippen LogP contribution is 2.37. The number of likely N-dealkylation sites (tertiary alicyclic amines) is 1. The highest BCUT2D eigenvalue weighted by molar-refractivity contribution is 6.01. The molecule has 2 amide bonds. The molecule has 0 radical (unpaired) electrons. The Morgan fingerprint density at radius 2 is 1.58 bits per heavy atom. The van der Waals surface area contributed by atoms with Gasteiger partial charge in [0.2, 0.25) is 11.8 Å². The standard InChI is InChI=1S/C42H53F2N7O2/c43-33-14-17-36(44)35(28-33)38-11-9-24-50(38)39-22-27-51-41(47-39)32(29-45-51)10-7-5-3-1-2-4-6-8-23-49-25-20-31(21-26-49)30-12-15-34(16-13-30)46-37-18-19-40(52)48-42(37)53/h12-17,22,27-29,31,37-38,46H,1-11,18-21,23-26H2,(H,48,52,53)/t37?,38-/m1/s1. The highest BCUT2D eigenvalue weighted by atomic mass is 19.1. The van der Waals surface area contributed by atoms with Gasteiger partial charge in [-0.3, -0.25) is 14.9 Å². The zero-order chi connectivity index (χ0) is 36.6. The molecule has 4 aromatic rings. The molecule has 2 N–H and O–H groups in total. The Labute approximate surface area is 311 Å². The normalized spacial score (nSPS) is 20.0. The number of imide groups is 1. The molecule has 0 spiro atoms. The summed E-state index contributed by atoms with van der Waals surface area (Å²) in [7, 11) is 0. The van der Waals surface area contributed by atoms with Crippen molar-refractivity contribution in [2.45, 2.75) is 114 Å². The maximum Gasteiger partial charge on any atom is 0.249 e. The first-order valence-electron chi connectivity index (χ1n) is 19.9. The van der Waals surface area contributed by atoms with E-state index in [9.17, 15) is 18.4 Å². The van der Waals surface area contributed by atoms with E-state index in [1.54, 1.807) is 0 Å². The van der Waals surface area contributed by atoms with Crippen molar-refractivity contribution in [1.29, 1.82) is 0 Å². The summed E-state index contributed by atoms with van der Waals surface area (Å²) in [6.45, 7) is 4.26. The molecule has 2 aromatic carbocycles. The van der Waals surface area contributed by atoms with Gasteiger partial charge in [-0.2, -0.15) is 5.10 Å². The average Bonchev–Trinajstić information content (AvgIpc) is 3.82. The van der Waals surface area contributed by atoms with Gasteiger partial charge in [0.25, 0.3) is 0 Å². The van der Waals surface area contributed by atoms with Crippen LogP contribution in [0.5, 0.6) is 0 Å². The lowest BCUT2D eigenvalue weighted by Crippen LogP contribution is -2.47. The molecule has 2 atom stereocenters. The Morgan fingerprint density at radius 1 is 0.830 bits per heavy atom. The predicted molar refractivity (Wildman–Crippen MR) is 204 cm³/mol. The van der Waals surface area contributed by atoms with Crippen LogP contribution in [0, 0.1) is 11.6 Å². The van der Waals surface area contributed by atoms with E-state index in [2.05, 4.69) is 49.8 Å². The number of nitrogens with zero attached hydrogens (tertiary/aromatic N) is 5. The summed E-state index contributed by atoms with van der Waals surface area (Å²) in [5.74, 6) is 0.163. The maximum absolute atomic E-state index is 14.6. The van der Waals surface area contributed by atoms with Gasteiger partial charge in [0, 0.05) is 36.0 Å². The Hall–Kier alpha value is -4.38. The van der Waals surface area contributed by atoms with Crippen LogP contribution < -0.4 is 15.5 Å². The van der Waals surface area contributed by atoms with E-state index in [0.29, 0.717) is 24.3 Å². The number of halogens is 2. The third-order valence-corrected chi connectivity index (χ3v) is 11.5. The van der Waals surface area contributed by atoms with Gasteiger partial charge < -0.3 is 15.1 Å². The Morgan fingerprint density at radius 3 is 2.36 bits per heavy atom. The molecule has 9 nitrogen and oxygen atoms in total. The number of carbonyl (C=O) groups is 2. The number of rotatable bonds is 16. The highest BCUT2D eigenvalue weighted by Gasteiger charge is 2.30. The minimum Gasteiger partial charge on any atom is -0.374 e. The number of aryl methyl sites for hydroxylation is 1. The van der Waals surface area contributed by atoms with Crippen LogP contribution in [0.3, 0.4) is 0 Å². The van der Waals surface area contributed by atoms with Crippen LogP contribution in [0.15, 0.2) is 60.9 Å². The number of hydrogen-bond acceptors (Lipinski definition) is 7. The summed E-state index contributed by atoms with van der Waals surface area (Å²) in [5.41, 5.74) is 4.69. The van der Waals surface area contributed by atoms with E-state index in [1.807, 2.05) is 23.0 Å². The first-order chi connectivity index (χ1) is 25.9. The van der Waals surface area contributed by atoms with Crippen LogP contribution in [0.1, 0.15) is 119 Å². The van der Waals surface area contributed by atoms with Gasteiger partial charge in [0.15, 0.2) is 5.65 Å². The monoisotopic (exact) mass is 725 g/mol. The number of fused-ring (bicyclic) bond motifs is 1. The minimum atomic E-state index is -0.414. The van der Waals surface area contributed by atoms with E-state index in [0.717, 1.165) is 68.0 Å². The first kappa shape index (κ1) is 37.0. The lowest BCUT2D eigenvalue weighted by Gasteiger charge is -2.32. The third-order valence-electron chi connectivity index (χ3n) is 11.5. The average molecular weight is 726 g/mol. The van der Waals surface area contributed by atoms with Crippen molar-refractivity contribution >= 4 is 29.0 Å².